The molecule has 2 rings (SSSR count). The molecule has 2 nitrogen and oxygen atoms in total. The first kappa shape index (κ1) is 14.4. The molecule has 0 spiro atoms. The summed E-state index contributed by atoms with van der Waals surface area (Å²) in [6.45, 7) is 4.00. The number of nitrogens with one attached hydrogen (secondary N) is 1. The van der Waals surface area contributed by atoms with E-state index in [-0.39, 0.29) is 0 Å². The maximum atomic E-state index is 6.31. The fraction of sp³-hybridized carbons (Fsp3) is 0.267. The maximum Gasteiger partial charge on any atom is 0.0462 e. The lowest BCUT2D eigenvalue weighted by atomic mass is 10.2. The summed E-state index contributed by atoms with van der Waals surface area (Å²) in [5, 5.41) is 4.18. The molecule has 0 saturated carbocycles. The van der Waals surface area contributed by atoms with Crippen LogP contribution in [0.25, 0.3) is 0 Å². The third-order valence-corrected chi connectivity index (χ3v) is 4.00. The van der Waals surface area contributed by atoms with E-state index in [1.165, 1.54) is 4.90 Å². The van der Waals surface area contributed by atoms with E-state index in [9.17, 15) is 0 Å². The minimum absolute atomic E-state index is 0.822. The van der Waals surface area contributed by atoms with Crippen LogP contribution in [0.5, 0.6) is 0 Å². The molecule has 0 unspecified atom stereocenters. The summed E-state index contributed by atoms with van der Waals surface area (Å²) < 4.78 is 0. The molecule has 0 radical (unpaired) electrons. The molecule has 0 aliphatic heterocycles. The fourth-order valence-corrected chi connectivity index (χ4v) is 2.83. The number of rotatable bonds is 6. The molecule has 19 heavy (non-hydrogen) atoms. The number of benzene rings is 1. The second-order valence-corrected chi connectivity index (χ2v) is 5.77. The molecule has 0 atom stereocenters. The van der Waals surface area contributed by atoms with Gasteiger partial charge in [0.2, 0.25) is 0 Å². The number of aromatic nitrogens is 1. The van der Waals surface area contributed by atoms with Crippen LogP contribution in [0.1, 0.15) is 18.9 Å². The molecule has 1 aromatic carbocycles. The van der Waals surface area contributed by atoms with E-state index < -0.39 is 0 Å². The lowest BCUT2D eigenvalue weighted by molar-refractivity contribution is 0.675. The van der Waals surface area contributed by atoms with E-state index in [0.717, 1.165) is 35.0 Å². The highest BCUT2D eigenvalue weighted by molar-refractivity contribution is 7.99. The van der Waals surface area contributed by atoms with Crippen molar-refractivity contribution in [3.05, 3.63) is 53.3 Å². The zero-order valence-electron chi connectivity index (χ0n) is 10.9. The molecule has 4 heteroatoms. The third-order valence-electron chi connectivity index (χ3n) is 2.65. The van der Waals surface area contributed by atoms with Gasteiger partial charge >= 0.3 is 0 Å². The van der Waals surface area contributed by atoms with Crippen LogP contribution < -0.4 is 5.32 Å². The van der Waals surface area contributed by atoms with Gasteiger partial charge in [-0.1, -0.05) is 36.4 Å². The SMILES string of the molecule is CCCNCc1ccc(Sc2ccncc2)cc1Cl. The van der Waals surface area contributed by atoms with Crippen molar-refractivity contribution in [2.45, 2.75) is 29.7 Å². The fourth-order valence-electron chi connectivity index (χ4n) is 1.68. The Balaban J connectivity index is 2.02. The average Bonchev–Trinajstić information content (AvgIpc) is 2.43. The molecule has 0 aliphatic rings. The van der Waals surface area contributed by atoms with Crippen LogP contribution >= 0.6 is 23.4 Å². The Morgan fingerprint density at radius 3 is 2.63 bits per heavy atom. The van der Waals surface area contributed by atoms with Crippen LogP contribution in [0.3, 0.4) is 0 Å². The van der Waals surface area contributed by atoms with Crippen molar-refractivity contribution in [3.8, 4) is 0 Å². The van der Waals surface area contributed by atoms with Crippen molar-refractivity contribution >= 4 is 23.4 Å². The normalized spacial score (nSPS) is 10.6. The van der Waals surface area contributed by atoms with Gasteiger partial charge in [0.15, 0.2) is 0 Å². The van der Waals surface area contributed by atoms with Gasteiger partial charge in [-0.25, -0.2) is 0 Å². The van der Waals surface area contributed by atoms with Crippen LogP contribution in [0.15, 0.2) is 52.5 Å². The van der Waals surface area contributed by atoms with E-state index in [1.54, 1.807) is 24.2 Å². The van der Waals surface area contributed by atoms with Gasteiger partial charge in [0.1, 0.15) is 0 Å². The Labute approximate surface area is 123 Å². The Bertz CT molecular complexity index is 517. The topological polar surface area (TPSA) is 24.9 Å². The number of hydrogen-bond acceptors (Lipinski definition) is 3. The summed E-state index contributed by atoms with van der Waals surface area (Å²) in [5.74, 6) is 0. The van der Waals surface area contributed by atoms with Crippen LogP contribution in [0.2, 0.25) is 5.02 Å². The lowest BCUT2D eigenvalue weighted by Crippen LogP contribution is -2.13. The third kappa shape index (κ3) is 4.53. The van der Waals surface area contributed by atoms with Crippen molar-refractivity contribution in [1.82, 2.24) is 10.3 Å². The summed E-state index contributed by atoms with van der Waals surface area (Å²) in [5.41, 5.74) is 1.15. The molecule has 0 aliphatic carbocycles. The van der Waals surface area contributed by atoms with Gasteiger partial charge in [0.05, 0.1) is 0 Å². The molecule has 100 valence electrons. The van der Waals surface area contributed by atoms with Gasteiger partial charge in [-0.3, -0.25) is 4.98 Å². The number of pyridine rings is 1. The molecular formula is C15H17ClN2S. The van der Waals surface area contributed by atoms with Crippen LogP contribution in [-0.2, 0) is 6.54 Å². The predicted molar refractivity (Wildman–Crippen MR) is 81.8 cm³/mol. The lowest BCUT2D eigenvalue weighted by Gasteiger charge is -2.08. The van der Waals surface area contributed by atoms with E-state index in [2.05, 4.69) is 29.4 Å². The standard InChI is InChI=1S/C15H17ClN2S/c1-2-7-18-11-12-3-4-14(10-15(12)16)19-13-5-8-17-9-6-13/h3-6,8-10,18H,2,7,11H2,1H3. The van der Waals surface area contributed by atoms with Crippen LogP contribution in [0.4, 0.5) is 0 Å². The molecular weight excluding hydrogens is 276 g/mol. The van der Waals surface area contributed by atoms with E-state index in [0.29, 0.717) is 0 Å². The average molecular weight is 293 g/mol. The smallest absolute Gasteiger partial charge is 0.0462 e. The minimum atomic E-state index is 0.822. The minimum Gasteiger partial charge on any atom is -0.313 e. The predicted octanol–water partition coefficient (Wildman–Crippen LogP) is 4.39. The highest BCUT2D eigenvalue weighted by atomic mass is 35.5. The summed E-state index contributed by atoms with van der Waals surface area (Å²) in [6.07, 6.45) is 4.73. The first-order valence-electron chi connectivity index (χ1n) is 6.36. The van der Waals surface area contributed by atoms with Gasteiger partial charge in [0, 0.05) is 33.8 Å². The molecule has 0 fully saturated rings. The monoisotopic (exact) mass is 292 g/mol. The van der Waals surface area contributed by atoms with E-state index >= 15 is 0 Å². The summed E-state index contributed by atoms with van der Waals surface area (Å²) in [4.78, 5) is 6.33. The second kappa shape index (κ2) is 7.53. The van der Waals surface area contributed by atoms with Crippen LogP contribution in [0, 0.1) is 0 Å². The molecule has 1 N–H and O–H groups in total. The molecule has 0 amide bonds. The van der Waals surface area contributed by atoms with Gasteiger partial charge in [0.25, 0.3) is 0 Å². The van der Waals surface area contributed by atoms with Gasteiger partial charge in [-0.05, 0) is 42.8 Å². The number of nitrogens with zero attached hydrogens (tertiary/aromatic N) is 1. The maximum absolute atomic E-state index is 6.31. The molecule has 0 saturated heterocycles. The summed E-state index contributed by atoms with van der Waals surface area (Å²) in [7, 11) is 0. The Morgan fingerprint density at radius 1 is 1.16 bits per heavy atom. The zero-order chi connectivity index (χ0) is 13.5. The molecule has 2 aromatic rings. The first-order valence-corrected chi connectivity index (χ1v) is 7.56. The second-order valence-electron chi connectivity index (χ2n) is 4.21. The quantitative estimate of drug-likeness (QED) is 0.800. The Kier molecular flexibility index (Phi) is 5.70. The zero-order valence-corrected chi connectivity index (χ0v) is 12.5. The van der Waals surface area contributed by atoms with E-state index in [4.69, 9.17) is 11.6 Å². The first-order chi connectivity index (χ1) is 9.29. The van der Waals surface area contributed by atoms with E-state index in [1.807, 2.05) is 18.2 Å². The van der Waals surface area contributed by atoms with Gasteiger partial charge in [-0.15, -0.1) is 0 Å². The number of hydrogen-bond donors (Lipinski definition) is 1. The van der Waals surface area contributed by atoms with Crippen molar-refractivity contribution in [2.24, 2.45) is 0 Å². The molecule has 1 aromatic heterocycles. The molecule has 1 heterocycles. The Morgan fingerprint density at radius 2 is 1.95 bits per heavy atom. The number of halogens is 1. The van der Waals surface area contributed by atoms with Crippen molar-refractivity contribution in [2.75, 3.05) is 6.54 Å². The van der Waals surface area contributed by atoms with Crippen molar-refractivity contribution < 1.29 is 0 Å². The highest BCUT2D eigenvalue weighted by Gasteiger charge is 2.03. The Hall–Kier alpha value is -1.03. The van der Waals surface area contributed by atoms with Gasteiger partial charge < -0.3 is 5.32 Å². The summed E-state index contributed by atoms with van der Waals surface area (Å²) >= 11 is 8.00. The van der Waals surface area contributed by atoms with Gasteiger partial charge in [-0.2, -0.15) is 0 Å². The van der Waals surface area contributed by atoms with Crippen molar-refractivity contribution in [1.29, 1.82) is 0 Å². The molecule has 0 bridgehead atoms. The van der Waals surface area contributed by atoms with Crippen molar-refractivity contribution in [3.63, 3.8) is 0 Å². The highest BCUT2D eigenvalue weighted by Crippen LogP contribution is 2.30. The van der Waals surface area contributed by atoms with Crippen LogP contribution in [-0.4, -0.2) is 11.5 Å². The largest absolute Gasteiger partial charge is 0.313 e. The summed E-state index contributed by atoms with van der Waals surface area (Å²) in [6, 6.07) is 10.2.